The lowest BCUT2D eigenvalue weighted by Crippen LogP contribution is -2.02. The van der Waals surface area contributed by atoms with Gasteiger partial charge in [-0.2, -0.15) is 0 Å². The SMILES string of the molecule is CCC1CC(C=O)CO1. The Bertz CT molecular complexity index is 101. The summed E-state index contributed by atoms with van der Waals surface area (Å²) in [5, 5.41) is 0. The van der Waals surface area contributed by atoms with Crippen molar-refractivity contribution in [1.82, 2.24) is 0 Å². The molecule has 2 atom stereocenters. The summed E-state index contributed by atoms with van der Waals surface area (Å²) < 4.78 is 5.27. The Morgan fingerprint density at radius 3 is 2.89 bits per heavy atom. The summed E-state index contributed by atoms with van der Waals surface area (Å²) in [5.41, 5.74) is 0. The summed E-state index contributed by atoms with van der Waals surface area (Å²) in [5.74, 6) is 0.176. The Morgan fingerprint density at radius 1 is 1.78 bits per heavy atom. The zero-order valence-corrected chi connectivity index (χ0v) is 5.67. The molecule has 0 bridgehead atoms. The fourth-order valence-electron chi connectivity index (χ4n) is 1.11. The second-order valence-electron chi connectivity index (χ2n) is 2.50. The van der Waals surface area contributed by atoms with Crippen molar-refractivity contribution in [1.29, 1.82) is 0 Å². The quantitative estimate of drug-likeness (QED) is 0.518. The number of hydrogen-bond acceptors (Lipinski definition) is 2. The first-order valence-corrected chi connectivity index (χ1v) is 3.43. The molecule has 2 heteroatoms. The van der Waals surface area contributed by atoms with Gasteiger partial charge in [-0.25, -0.2) is 0 Å². The van der Waals surface area contributed by atoms with Gasteiger partial charge < -0.3 is 9.53 Å². The molecule has 0 radical (unpaired) electrons. The standard InChI is InChI=1S/C7H12O2/c1-2-7-3-6(4-8)5-9-7/h4,6-7H,2-3,5H2,1H3. The van der Waals surface area contributed by atoms with Gasteiger partial charge >= 0.3 is 0 Å². The molecule has 1 saturated heterocycles. The molecule has 1 rings (SSSR count). The minimum Gasteiger partial charge on any atom is -0.377 e. The van der Waals surface area contributed by atoms with E-state index in [0.717, 1.165) is 19.1 Å². The molecule has 1 heterocycles. The van der Waals surface area contributed by atoms with E-state index in [1.165, 1.54) is 0 Å². The monoisotopic (exact) mass is 128 g/mol. The van der Waals surface area contributed by atoms with Crippen LogP contribution in [0.3, 0.4) is 0 Å². The molecular formula is C7H12O2. The van der Waals surface area contributed by atoms with Crippen LogP contribution in [0.5, 0.6) is 0 Å². The summed E-state index contributed by atoms with van der Waals surface area (Å²) in [6.45, 7) is 2.72. The third-order valence-corrected chi connectivity index (χ3v) is 1.76. The summed E-state index contributed by atoms with van der Waals surface area (Å²) in [7, 11) is 0. The molecule has 0 aliphatic carbocycles. The average Bonchev–Trinajstić information content (AvgIpc) is 2.34. The first-order valence-electron chi connectivity index (χ1n) is 3.43. The van der Waals surface area contributed by atoms with E-state index in [0.29, 0.717) is 12.7 Å². The van der Waals surface area contributed by atoms with Crippen molar-refractivity contribution in [2.45, 2.75) is 25.9 Å². The minimum atomic E-state index is 0.176. The van der Waals surface area contributed by atoms with Crippen LogP contribution >= 0.6 is 0 Å². The molecule has 0 aromatic rings. The maximum absolute atomic E-state index is 10.2. The zero-order valence-electron chi connectivity index (χ0n) is 5.67. The van der Waals surface area contributed by atoms with Crippen molar-refractivity contribution in [2.75, 3.05) is 6.61 Å². The fourth-order valence-corrected chi connectivity index (χ4v) is 1.11. The van der Waals surface area contributed by atoms with Crippen LogP contribution in [0.15, 0.2) is 0 Å². The molecule has 1 fully saturated rings. The number of ether oxygens (including phenoxy) is 1. The van der Waals surface area contributed by atoms with E-state index in [2.05, 4.69) is 6.92 Å². The first-order chi connectivity index (χ1) is 4.36. The van der Waals surface area contributed by atoms with Crippen LogP contribution in [-0.4, -0.2) is 19.0 Å². The van der Waals surface area contributed by atoms with Crippen LogP contribution in [0.2, 0.25) is 0 Å². The lowest BCUT2D eigenvalue weighted by Gasteiger charge is -2.01. The average molecular weight is 128 g/mol. The molecule has 0 aromatic carbocycles. The van der Waals surface area contributed by atoms with Crippen LogP contribution < -0.4 is 0 Å². The highest BCUT2D eigenvalue weighted by Gasteiger charge is 2.22. The van der Waals surface area contributed by atoms with E-state index in [-0.39, 0.29) is 5.92 Å². The highest BCUT2D eigenvalue weighted by molar-refractivity contribution is 5.54. The molecule has 0 saturated carbocycles. The molecule has 1 aliphatic heterocycles. The predicted molar refractivity (Wildman–Crippen MR) is 34.2 cm³/mol. The number of carbonyl (C=O) groups excluding carboxylic acids is 1. The Morgan fingerprint density at radius 2 is 2.56 bits per heavy atom. The first kappa shape index (κ1) is 6.75. The molecule has 0 N–H and O–H groups in total. The van der Waals surface area contributed by atoms with Gasteiger partial charge in [0.2, 0.25) is 0 Å². The van der Waals surface area contributed by atoms with Gasteiger partial charge in [0.15, 0.2) is 0 Å². The largest absolute Gasteiger partial charge is 0.377 e. The van der Waals surface area contributed by atoms with Crippen LogP contribution in [0, 0.1) is 5.92 Å². The molecule has 52 valence electrons. The van der Waals surface area contributed by atoms with Gasteiger partial charge in [0.25, 0.3) is 0 Å². The normalized spacial score (nSPS) is 34.8. The summed E-state index contributed by atoms with van der Waals surface area (Å²) in [6, 6.07) is 0. The molecule has 0 spiro atoms. The Hall–Kier alpha value is -0.370. The van der Waals surface area contributed by atoms with Gasteiger partial charge in [0.1, 0.15) is 6.29 Å². The molecule has 0 amide bonds. The van der Waals surface area contributed by atoms with E-state index in [9.17, 15) is 4.79 Å². The lowest BCUT2D eigenvalue weighted by molar-refractivity contribution is -0.111. The Labute approximate surface area is 55.2 Å². The zero-order chi connectivity index (χ0) is 6.69. The van der Waals surface area contributed by atoms with E-state index in [1.54, 1.807) is 0 Å². The number of aldehydes is 1. The molecule has 1 aliphatic rings. The van der Waals surface area contributed by atoms with E-state index in [4.69, 9.17) is 4.74 Å². The third kappa shape index (κ3) is 1.52. The number of rotatable bonds is 2. The highest BCUT2D eigenvalue weighted by atomic mass is 16.5. The van der Waals surface area contributed by atoms with Gasteiger partial charge in [-0.3, -0.25) is 0 Å². The third-order valence-electron chi connectivity index (χ3n) is 1.76. The summed E-state index contributed by atoms with van der Waals surface area (Å²) >= 11 is 0. The molecule has 0 aromatic heterocycles. The minimum absolute atomic E-state index is 0.176. The van der Waals surface area contributed by atoms with Gasteiger partial charge in [-0.15, -0.1) is 0 Å². The van der Waals surface area contributed by atoms with Crippen LogP contribution in [0.1, 0.15) is 19.8 Å². The molecule has 2 nitrogen and oxygen atoms in total. The maximum Gasteiger partial charge on any atom is 0.125 e. The summed E-state index contributed by atoms with van der Waals surface area (Å²) in [4.78, 5) is 10.2. The van der Waals surface area contributed by atoms with Gasteiger partial charge in [-0.1, -0.05) is 6.92 Å². The van der Waals surface area contributed by atoms with E-state index in [1.807, 2.05) is 0 Å². The number of hydrogen-bond donors (Lipinski definition) is 0. The topological polar surface area (TPSA) is 26.3 Å². The molecule has 2 unspecified atom stereocenters. The van der Waals surface area contributed by atoms with Crippen molar-refractivity contribution in [2.24, 2.45) is 5.92 Å². The van der Waals surface area contributed by atoms with Crippen LogP contribution in [0.25, 0.3) is 0 Å². The maximum atomic E-state index is 10.2. The Kier molecular flexibility index (Phi) is 2.22. The van der Waals surface area contributed by atoms with Crippen molar-refractivity contribution in [3.63, 3.8) is 0 Å². The number of carbonyl (C=O) groups is 1. The molecule has 9 heavy (non-hydrogen) atoms. The molecular weight excluding hydrogens is 116 g/mol. The Balaban J connectivity index is 2.28. The van der Waals surface area contributed by atoms with Crippen molar-refractivity contribution >= 4 is 6.29 Å². The van der Waals surface area contributed by atoms with E-state index >= 15 is 0 Å². The second kappa shape index (κ2) is 2.97. The van der Waals surface area contributed by atoms with Crippen LogP contribution in [-0.2, 0) is 9.53 Å². The lowest BCUT2D eigenvalue weighted by atomic mass is 10.1. The van der Waals surface area contributed by atoms with Crippen LogP contribution in [0.4, 0.5) is 0 Å². The van der Waals surface area contributed by atoms with Crippen molar-refractivity contribution < 1.29 is 9.53 Å². The summed E-state index contributed by atoms with van der Waals surface area (Å²) in [6.07, 6.45) is 3.31. The van der Waals surface area contributed by atoms with Crippen molar-refractivity contribution in [3.8, 4) is 0 Å². The van der Waals surface area contributed by atoms with Gasteiger partial charge in [-0.05, 0) is 12.8 Å². The smallest absolute Gasteiger partial charge is 0.125 e. The highest BCUT2D eigenvalue weighted by Crippen LogP contribution is 2.19. The van der Waals surface area contributed by atoms with Crippen molar-refractivity contribution in [3.05, 3.63) is 0 Å². The van der Waals surface area contributed by atoms with Gasteiger partial charge in [0, 0.05) is 5.92 Å². The van der Waals surface area contributed by atoms with E-state index < -0.39 is 0 Å². The fraction of sp³-hybridized carbons (Fsp3) is 0.857. The van der Waals surface area contributed by atoms with Gasteiger partial charge in [0.05, 0.1) is 12.7 Å². The second-order valence-corrected chi connectivity index (χ2v) is 2.50. The predicted octanol–water partition coefficient (Wildman–Crippen LogP) is 1.00.